The first-order chi connectivity index (χ1) is 8.63. The maximum Gasteiger partial charge on any atom is 0.291 e. The highest BCUT2D eigenvalue weighted by molar-refractivity contribution is 6.28. The Bertz CT molecular complexity index is 457. The van der Waals surface area contributed by atoms with Gasteiger partial charge in [0.05, 0.1) is 12.4 Å². The van der Waals surface area contributed by atoms with Crippen LogP contribution in [0.4, 0.5) is 11.9 Å². The Balaban J connectivity index is 2.25. The lowest BCUT2D eigenvalue weighted by molar-refractivity contribution is 0.253. The van der Waals surface area contributed by atoms with Gasteiger partial charge in [-0.2, -0.15) is 15.0 Å². The second-order valence-electron chi connectivity index (χ2n) is 3.57. The highest BCUT2D eigenvalue weighted by Crippen LogP contribution is 2.20. The smallest absolute Gasteiger partial charge is 0.291 e. The van der Waals surface area contributed by atoms with Crippen molar-refractivity contribution in [3.63, 3.8) is 0 Å². The number of aromatic nitrogens is 3. The minimum absolute atomic E-state index is 0.0367. The molecule has 98 valence electrons. The summed E-state index contributed by atoms with van der Waals surface area (Å²) in [6.45, 7) is 3.01. The number of nitrogens with one attached hydrogen (secondary N) is 2. The molecule has 2 N–H and O–H groups in total. The number of anilines is 2. The molecule has 0 radical (unpaired) electrons. The predicted octanol–water partition coefficient (Wildman–Crippen LogP) is 1.34. The van der Waals surface area contributed by atoms with Crippen LogP contribution in [0.25, 0.3) is 0 Å². The zero-order chi connectivity index (χ0) is 13.1. The minimum atomic E-state index is -0.239. The monoisotopic (exact) mass is 290 g/mol. The van der Waals surface area contributed by atoms with E-state index in [2.05, 4.69) is 20.3 Å². The number of hydrogen-bond acceptors (Lipinski definition) is 6. The number of halogens is 2. The molecule has 1 aromatic heterocycles. The van der Waals surface area contributed by atoms with E-state index in [0.29, 0.717) is 24.9 Å². The van der Waals surface area contributed by atoms with Crippen molar-refractivity contribution in [1.82, 2.24) is 15.0 Å². The summed E-state index contributed by atoms with van der Waals surface area (Å²) in [5.74, 6) is 0.954. The van der Waals surface area contributed by atoms with Crippen molar-refractivity contribution >= 4 is 41.1 Å². The molecule has 7 nitrogen and oxygen atoms in total. The molecule has 2 rings (SSSR count). The molecule has 2 heterocycles. The van der Waals surface area contributed by atoms with Crippen LogP contribution >= 0.6 is 23.2 Å². The molecular weight excluding hydrogens is 279 g/mol. The number of nitrogens with zero attached hydrogens (tertiary/aromatic N) is 4. The van der Waals surface area contributed by atoms with Gasteiger partial charge >= 0.3 is 0 Å². The highest BCUT2D eigenvalue weighted by Gasteiger charge is 2.31. The Labute approximate surface area is 114 Å². The first-order valence-corrected chi connectivity index (χ1v) is 6.29. The molecule has 1 atom stereocenters. The van der Waals surface area contributed by atoms with Crippen molar-refractivity contribution in [2.24, 2.45) is 0 Å². The van der Waals surface area contributed by atoms with Gasteiger partial charge in [0, 0.05) is 6.54 Å². The first-order valence-electron chi connectivity index (χ1n) is 5.38. The van der Waals surface area contributed by atoms with Crippen LogP contribution < -0.4 is 10.2 Å². The predicted molar refractivity (Wildman–Crippen MR) is 69.7 cm³/mol. The third-order valence-electron chi connectivity index (χ3n) is 2.25. The van der Waals surface area contributed by atoms with Crippen molar-refractivity contribution in [3.8, 4) is 0 Å². The van der Waals surface area contributed by atoms with Crippen LogP contribution in [0.1, 0.15) is 6.92 Å². The van der Waals surface area contributed by atoms with E-state index in [1.165, 1.54) is 4.90 Å². The number of amidine groups is 1. The fraction of sp³-hybridized carbons (Fsp3) is 0.556. The van der Waals surface area contributed by atoms with Crippen molar-refractivity contribution in [2.75, 3.05) is 29.2 Å². The summed E-state index contributed by atoms with van der Waals surface area (Å²) in [6.07, 6.45) is -0.239. The van der Waals surface area contributed by atoms with Gasteiger partial charge in [-0.25, -0.2) is 0 Å². The van der Waals surface area contributed by atoms with Gasteiger partial charge in [-0.05, 0) is 18.5 Å². The van der Waals surface area contributed by atoms with Crippen LogP contribution in [-0.2, 0) is 4.74 Å². The van der Waals surface area contributed by atoms with Crippen LogP contribution in [0.5, 0.6) is 0 Å². The Morgan fingerprint density at radius 2 is 2.28 bits per heavy atom. The molecule has 0 spiro atoms. The second kappa shape index (κ2) is 5.53. The molecule has 1 saturated heterocycles. The Hall–Kier alpha value is -1.34. The first kappa shape index (κ1) is 13.1. The molecule has 18 heavy (non-hydrogen) atoms. The average Bonchev–Trinajstić information content (AvgIpc) is 2.70. The van der Waals surface area contributed by atoms with Crippen molar-refractivity contribution in [1.29, 1.82) is 5.41 Å². The van der Waals surface area contributed by atoms with E-state index in [-0.39, 0.29) is 23.4 Å². The Morgan fingerprint density at radius 3 is 2.89 bits per heavy atom. The molecule has 1 fully saturated rings. The van der Waals surface area contributed by atoms with Crippen LogP contribution in [0.2, 0.25) is 5.28 Å². The number of hydrogen-bond donors (Lipinski definition) is 2. The number of ether oxygens (including phenoxy) is 1. The van der Waals surface area contributed by atoms with E-state index in [0.717, 1.165) is 0 Å². The van der Waals surface area contributed by atoms with Gasteiger partial charge in [-0.15, -0.1) is 11.6 Å². The standard InChI is InChI=1S/C9H12Cl2N6O/c1-2-13-8-14-6(11)15-9(16-8)17-4-5(3-10)18-7(17)12/h5,12H,2-4H2,1H3,(H,13,14,15,16)/t5-/m0/s1. The van der Waals surface area contributed by atoms with E-state index >= 15 is 0 Å². The summed E-state index contributed by atoms with van der Waals surface area (Å²) in [6, 6.07) is -0.0367. The molecular formula is C9H12Cl2N6O. The fourth-order valence-electron chi connectivity index (χ4n) is 1.50. The maximum absolute atomic E-state index is 7.70. The van der Waals surface area contributed by atoms with Gasteiger partial charge < -0.3 is 10.1 Å². The zero-order valence-corrected chi connectivity index (χ0v) is 11.2. The third-order valence-corrected chi connectivity index (χ3v) is 2.77. The fourth-order valence-corrected chi connectivity index (χ4v) is 1.81. The van der Waals surface area contributed by atoms with Crippen LogP contribution in [-0.4, -0.2) is 46.0 Å². The molecule has 0 amide bonds. The molecule has 1 aliphatic heterocycles. The summed E-state index contributed by atoms with van der Waals surface area (Å²) in [5, 5.41) is 10.7. The van der Waals surface area contributed by atoms with Gasteiger partial charge in [0.25, 0.3) is 6.02 Å². The average molecular weight is 291 g/mol. The van der Waals surface area contributed by atoms with Crippen LogP contribution in [0.15, 0.2) is 0 Å². The Morgan fingerprint density at radius 1 is 1.50 bits per heavy atom. The Kier molecular flexibility index (Phi) is 4.03. The summed E-state index contributed by atoms with van der Waals surface area (Å²) in [7, 11) is 0. The van der Waals surface area contributed by atoms with E-state index < -0.39 is 0 Å². The number of rotatable bonds is 4. The van der Waals surface area contributed by atoms with Crippen molar-refractivity contribution < 1.29 is 4.74 Å². The van der Waals surface area contributed by atoms with E-state index in [1.807, 2.05) is 6.92 Å². The quantitative estimate of drug-likeness (QED) is 0.814. The lowest BCUT2D eigenvalue weighted by Gasteiger charge is -2.13. The largest absolute Gasteiger partial charge is 0.459 e. The summed E-state index contributed by atoms with van der Waals surface area (Å²) < 4.78 is 5.23. The molecule has 1 aliphatic rings. The number of alkyl halides is 1. The van der Waals surface area contributed by atoms with Crippen molar-refractivity contribution in [3.05, 3.63) is 5.28 Å². The van der Waals surface area contributed by atoms with Gasteiger partial charge in [0.1, 0.15) is 6.10 Å². The van der Waals surface area contributed by atoms with Crippen molar-refractivity contribution in [2.45, 2.75) is 13.0 Å². The summed E-state index contributed by atoms with van der Waals surface area (Å²) in [4.78, 5) is 13.6. The van der Waals surface area contributed by atoms with E-state index in [1.54, 1.807) is 0 Å². The lowest BCUT2D eigenvalue weighted by Crippen LogP contribution is -2.28. The zero-order valence-electron chi connectivity index (χ0n) is 9.65. The minimum Gasteiger partial charge on any atom is -0.459 e. The molecule has 0 unspecified atom stereocenters. The molecule has 0 bridgehead atoms. The summed E-state index contributed by atoms with van der Waals surface area (Å²) in [5.41, 5.74) is 0. The molecule has 9 heteroatoms. The lowest BCUT2D eigenvalue weighted by atomic mass is 10.4. The van der Waals surface area contributed by atoms with Gasteiger partial charge in [-0.1, -0.05) is 0 Å². The SMILES string of the molecule is CCNc1nc(Cl)nc(N2C[C@H](CCl)OC2=N)n1. The van der Waals surface area contributed by atoms with Gasteiger partial charge in [0.2, 0.25) is 17.2 Å². The molecule has 0 aromatic carbocycles. The normalized spacial score (nSPS) is 18.9. The maximum atomic E-state index is 7.70. The molecule has 1 aromatic rings. The molecule has 0 saturated carbocycles. The molecule has 0 aliphatic carbocycles. The highest BCUT2D eigenvalue weighted by atomic mass is 35.5. The van der Waals surface area contributed by atoms with Gasteiger partial charge in [0.15, 0.2) is 0 Å². The van der Waals surface area contributed by atoms with Crippen LogP contribution in [0, 0.1) is 5.41 Å². The summed E-state index contributed by atoms with van der Waals surface area (Å²) >= 11 is 11.5. The van der Waals surface area contributed by atoms with E-state index in [4.69, 9.17) is 33.3 Å². The van der Waals surface area contributed by atoms with Crippen LogP contribution in [0.3, 0.4) is 0 Å². The third kappa shape index (κ3) is 2.73. The van der Waals surface area contributed by atoms with Gasteiger partial charge in [-0.3, -0.25) is 10.3 Å². The topological polar surface area (TPSA) is 87.0 Å². The second-order valence-corrected chi connectivity index (χ2v) is 4.21. The van der Waals surface area contributed by atoms with E-state index in [9.17, 15) is 0 Å².